The minimum atomic E-state index is -0.0961. The van der Waals surface area contributed by atoms with E-state index in [1.54, 1.807) is 4.90 Å². The van der Waals surface area contributed by atoms with Crippen molar-refractivity contribution in [2.24, 2.45) is 0 Å². The van der Waals surface area contributed by atoms with Crippen molar-refractivity contribution < 1.29 is 4.79 Å². The van der Waals surface area contributed by atoms with Gasteiger partial charge in [0, 0.05) is 16.5 Å². The molecule has 0 fully saturated rings. The second kappa shape index (κ2) is 6.90. The summed E-state index contributed by atoms with van der Waals surface area (Å²) in [5.41, 5.74) is 5.95. The summed E-state index contributed by atoms with van der Waals surface area (Å²) in [4.78, 5) is 20.6. The van der Waals surface area contributed by atoms with Crippen molar-refractivity contribution in [1.82, 2.24) is 4.98 Å². The largest absolute Gasteiger partial charge is 0.268 e. The third-order valence-electron chi connectivity index (χ3n) is 5.38. The fourth-order valence-corrected chi connectivity index (χ4v) is 4.26. The van der Waals surface area contributed by atoms with Crippen molar-refractivity contribution in [1.29, 1.82) is 0 Å². The average molecular weight is 394 g/mol. The molecule has 1 aliphatic rings. The van der Waals surface area contributed by atoms with Crippen LogP contribution in [0.15, 0.2) is 78.9 Å². The molecule has 0 atom stereocenters. The van der Waals surface area contributed by atoms with Crippen LogP contribution < -0.4 is 4.90 Å². The number of thiocarbonyl (C=S) groups is 1. The van der Waals surface area contributed by atoms with Crippen LogP contribution in [0.25, 0.3) is 22.2 Å². The van der Waals surface area contributed by atoms with Gasteiger partial charge < -0.3 is 0 Å². The predicted octanol–water partition coefficient (Wildman–Crippen LogP) is 5.80. The highest BCUT2D eigenvalue weighted by Crippen LogP contribution is 2.38. The van der Waals surface area contributed by atoms with E-state index in [9.17, 15) is 4.79 Å². The van der Waals surface area contributed by atoms with Crippen molar-refractivity contribution in [3.05, 3.63) is 95.6 Å². The monoisotopic (exact) mass is 394 g/mol. The van der Waals surface area contributed by atoms with Crippen molar-refractivity contribution in [2.45, 2.75) is 13.3 Å². The SMILES string of the molecule is CCc1ccc(-c2nc3ccccc3c3c2C(=S)N(c2ccccc2)C3=O)cc1. The third kappa shape index (κ3) is 2.76. The van der Waals surface area contributed by atoms with E-state index in [0.29, 0.717) is 10.6 Å². The highest BCUT2D eigenvalue weighted by molar-refractivity contribution is 7.81. The lowest BCUT2D eigenvalue weighted by atomic mass is 9.97. The van der Waals surface area contributed by atoms with E-state index in [1.807, 2.05) is 54.6 Å². The van der Waals surface area contributed by atoms with Gasteiger partial charge in [-0.05, 0) is 30.2 Å². The van der Waals surface area contributed by atoms with Crippen LogP contribution in [-0.4, -0.2) is 15.9 Å². The zero-order valence-electron chi connectivity index (χ0n) is 15.9. The minimum Gasteiger partial charge on any atom is -0.268 e. The lowest BCUT2D eigenvalue weighted by Gasteiger charge is -2.16. The van der Waals surface area contributed by atoms with Gasteiger partial charge in [-0.1, -0.05) is 79.8 Å². The van der Waals surface area contributed by atoms with E-state index < -0.39 is 0 Å². The highest BCUT2D eigenvalue weighted by Gasteiger charge is 2.38. The fraction of sp³-hybridized carbons (Fsp3) is 0.0800. The van der Waals surface area contributed by atoms with Crippen molar-refractivity contribution in [2.75, 3.05) is 4.90 Å². The molecule has 1 aliphatic heterocycles. The zero-order chi connectivity index (χ0) is 20.0. The minimum absolute atomic E-state index is 0.0961. The van der Waals surface area contributed by atoms with Crippen LogP contribution >= 0.6 is 12.2 Å². The van der Waals surface area contributed by atoms with E-state index >= 15 is 0 Å². The molecule has 0 spiro atoms. The maximum atomic E-state index is 13.5. The van der Waals surface area contributed by atoms with Crippen molar-refractivity contribution in [3.63, 3.8) is 0 Å². The molecule has 0 N–H and O–H groups in total. The number of anilines is 1. The number of fused-ring (bicyclic) bond motifs is 3. The van der Waals surface area contributed by atoms with Gasteiger partial charge in [0.1, 0.15) is 4.99 Å². The fourth-order valence-electron chi connectivity index (χ4n) is 3.88. The molecule has 29 heavy (non-hydrogen) atoms. The summed E-state index contributed by atoms with van der Waals surface area (Å²) in [5, 5.41) is 0.835. The number of para-hydroxylation sites is 2. The van der Waals surface area contributed by atoms with Crippen molar-refractivity contribution in [3.8, 4) is 11.3 Å². The van der Waals surface area contributed by atoms with E-state index in [0.717, 1.165) is 39.8 Å². The number of amides is 1. The molecule has 0 aliphatic carbocycles. The quantitative estimate of drug-likeness (QED) is 0.412. The molecule has 4 aromatic rings. The molecule has 1 amide bonds. The number of hydrogen-bond donors (Lipinski definition) is 0. The second-order valence-corrected chi connectivity index (χ2v) is 7.45. The number of hydrogen-bond acceptors (Lipinski definition) is 3. The van der Waals surface area contributed by atoms with Gasteiger partial charge in [0.15, 0.2) is 0 Å². The average Bonchev–Trinajstić information content (AvgIpc) is 3.04. The Hall–Kier alpha value is -3.37. The van der Waals surface area contributed by atoms with Crippen molar-refractivity contribution >= 4 is 39.7 Å². The number of aromatic nitrogens is 1. The summed E-state index contributed by atoms with van der Waals surface area (Å²) in [6.07, 6.45) is 0.974. The summed E-state index contributed by atoms with van der Waals surface area (Å²) in [7, 11) is 0. The van der Waals surface area contributed by atoms with Gasteiger partial charge in [0.05, 0.1) is 22.5 Å². The molecule has 3 nitrogen and oxygen atoms in total. The Morgan fingerprint density at radius 3 is 2.28 bits per heavy atom. The Balaban J connectivity index is 1.79. The molecule has 0 saturated carbocycles. The number of pyridine rings is 1. The van der Waals surface area contributed by atoms with E-state index in [2.05, 4.69) is 31.2 Å². The summed E-state index contributed by atoms with van der Waals surface area (Å²) in [6.45, 7) is 2.13. The lowest BCUT2D eigenvalue weighted by Crippen LogP contribution is -2.28. The number of benzene rings is 3. The number of carbonyl (C=O) groups excluding carboxylic acids is 1. The molecule has 4 heteroatoms. The lowest BCUT2D eigenvalue weighted by molar-refractivity contribution is 0.101. The third-order valence-corrected chi connectivity index (χ3v) is 5.76. The molecule has 0 saturated heterocycles. The molecule has 5 rings (SSSR count). The number of rotatable bonds is 3. The molecule has 2 heterocycles. The predicted molar refractivity (Wildman–Crippen MR) is 122 cm³/mol. The highest BCUT2D eigenvalue weighted by atomic mass is 32.1. The summed E-state index contributed by atoms with van der Waals surface area (Å²) in [5.74, 6) is -0.0961. The van der Waals surface area contributed by atoms with E-state index in [4.69, 9.17) is 17.2 Å². The first-order chi connectivity index (χ1) is 14.2. The summed E-state index contributed by atoms with van der Waals surface area (Å²) in [6, 6.07) is 25.7. The van der Waals surface area contributed by atoms with Gasteiger partial charge in [-0.25, -0.2) is 4.98 Å². The summed E-state index contributed by atoms with van der Waals surface area (Å²) < 4.78 is 0. The van der Waals surface area contributed by atoms with Gasteiger partial charge in [-0.15, -0.1) is 0 Å². The maximum absolute atomic E-state index is 13.5. The Morgan fingerprint density at radius 1 is 0.862 bits per heavy atom. The first-order valence-electron chi connectivity index (χ1n) is 9.65. The standard InChI is InChI=1S/C25H18N2OS/c1-2-16-12-14-17(15-13-16)23-22-21(19-10-6-7-11-20(19)26-23)24(28)27(25(22)29)18-8-4-3-5-9-18/h3-15H,2H2,1H3. The van der Waals surface area contributed by atoms with Crippen LogP contribution in [0.1, 0.15) is 28.4 Å². The summed E-state index contributed by atoms with van der Waals surface area (Å²) >= 11 is 5.82. The van der Waals surface area contributed by atoms with Gasteiger partial charge in [0.2, 0.25) is 0 Å². The Bertz CT molecular complexity index is 1260. The number of aryl methyl sites for hydroxylation is 1. The van der Waals surface area contributed by atoms with Crippen LogP contribution in [-0.2, 0) is 6.42 Å². The maximum Gasteiger partial charge on any atom is 0.265 e. The molecular formula is C25H18N2OS. The zero-order valence-corrected chi connectivity index (χ0v) is 16.7. The molecule has 3 aromatic carbocycles. The smallest absolute Gasteiger partial charge is 0.265 e. The molecule has 1 aromatic heterocycles. The van der Waals surface area contributed by atoms with Gasteiger partial charge in [0.25, 0.3) is 5.91 Å². The van der Waals surface area contributed by atoms with Crippen LogP contribution in [0.2, 0.25) is 0 Å². The van der Waals surface area contributed by atoms with Gasteiger partial charge in [-0.2, -0.15) is 0 Å². The second-order valence-electron chi connectivity index (χ2n) is 7.06. The number of nitrogens with zero attached hydrogens (tertiary/aromatic N) is 2. The first kappa shape index (κ1) is 17.7. The Morgan fingerprint density at radius 2 is 1.55 bits per heavy atom. The van der Waals surface area contributed by atoms with Crippen LogP contribution in [0.5, 0.6) is 0 Å². The number of carbonyl (C=O) groups is 1. The van der Waals surface area contributed by atoms with Gasteiger partial charge in [-0.3, -0.25) is 9.69 Å². The Kier molecular flexibility index (Phi) is 4.22. The van der Waals surface area contributed by atoms with Crippen LogP contribution in [0, 0.1) is 0 Å². The molecule has 0 bridgehead atoms. The topological polar surface area (TPSA) is 33.2 Å². The van der Waals surface area contributed by atoms with Gasteiger partial charge >= 0.3 is 0 Å². The van der Waals surface area contributed by atoms with E-state index in [1.165, 1.54) is 5.56 Å². The molecular weight excluding hydrogens is 376 g/mol. The van der Waals surface area contributed by atoms with Crippen LogP contribution in [0.3, 0.4) is 0 Å². The van der Waals surface area contributed by atoms with E-state index in [-0.39, 0.29) is 5.91 Å². The Labute approximate surface area is 174 Å². The molecule has 140 valence electrons. The normalized spacial score (nSPS) is 13.2. The molecule has 0 unspecified atom stereocenters. The molecule has 0 radical (unpaired) electrons. The van der Waals surface area contributed by atoms with Crippen LogP contribution in [0.4, 0.5) is 5.69 Å². The first-order valence-corrected chi connectivity index (χ1v) is 10.1.